The first kappa shape index (κ1) is 17.6. The van der Waals surface area contributed by atoms with E-state index in [-0.39, 0.29) is 5.91 Å². The number of nitrogens with one attached hydrogen (secondary N) is 2. The molecule has 0 aromatic heterocycles. The zero-order valence-electron chi connectivity index (χ0n) is 14.7. The fourth-order valence-corrected chi connectivity index (χ4v) is 3.38. The second kappa shape index (κ2) is 7.36. The number of alkyl halides is 1. The lowest BCUT2D eigenvalue weighted by Gasteiger charge is -2.46. The van der Waals surface area contributed by atoms with Gasteiger partial charge in [0.2, 0.25) is 0 Å². The second-order valence-corrected chi connectivity index (χ2v) is 7.09. The molecule has 3 rings (SSSR count). The Kier molecular flexibility index (Phi) is 5.19. The largest absolute Gasteiger partial charge is 0.361 e. The van der Waals surface area contributed by atoms with Crippen molar-refractivity contribution in [2.75, 3.05) is 16.6 Å². The van der Waals surface area contributed by atoms with Crippen LogP contribution in [0.25, 0.3) is 0 Å². The molecule has 0 fully saturated rings. The molecule has 2 aromatic carbocycles. The van der Waals surface area contributed by atoms with Crippen LogP contribution in [0, 0.1) is 6.92 Å². The molecule has 1 amide bonds. The van der Waals surface area contributed by atoms with Gasteiger partial charge in [-0.15, -0.1) is 11.6 Å². The number of hydrogen-bond acceptors (Lipinski definition) is 3. The first-order chi connectivity index (χ1) is 12.0. The standard InChI is InChI=1S/C20H24ClN3O/c1-15-10-11-18-17(14-15)19(25)24(23-16-8-4-3-5-9-16)20(2,22-18)12-6-7-13-21/h3-5,8-11,14,22-23H,6-7,12-13H2,1-2H3. The van der Waals surface area contributed by atoms with Crippen LogP contribution in [0.3, 0.4) is 0 Å². The Morgan fingerprint density at radius 2 is 1.92 bits per heavy atom. The summed E-state index contributed by atoms with van der Waals surface area (Å²) in [6.07, 6.45) is 2.67. The molecule has 0 saturated heterocycles. The van der Waals surface area contributed by atoms with Crippen LogP contribution in [0.4, 0.5) is 11.4 Å². The smallest absolute Gasteiger partial charge is 0.276 e. The van der Waals surface area contributed by atoms with E-state index >= 15 is 0 Å². The Labute approximate surface area is 154 Å². The summed E-state index contributed by atoms with van der Waals surface area (Å²) in [4.78, 5) is 13.2. The van der Waals surface area contributed by atoms with E-state index < -0.39 is 5.66 Å². The number of aryl methyl sites for hydroxylation is 1. The molecule has 0 aliphatic carbocycles. The van der Waals surface area contributed by atoms with Gasteiger partial charge in [-0.3, -0.25) is 10.2 Å². The molecule has 1 heterocycles. The van der Waals surface area contributed by atoms with Gasteiger partial charge in [0.15, 0.2) is 0 Å². The van der Waals surface area contributed by atoms with Crippen LogP contribution < -0.4 is 10.7 Å². The molecule has 2 N–H and O–H groups in total. The van der Waals surface area contributed by atoms with E-state index in [1.165, 1.54) is 0 Å². The maximum atomic E-state index is 13.2. The normalized spacial score (nSPS) is 19.3. The van der Waals surface area contributed by atoms with Crippen LogP contribution in [-0.2, 0) is 0 Å². The fraction of sp³-hybridized carbons (Fsp3) is 0.350. The topological polar surface area (TPSA) is 44.4 Å². The van der Waals surface area contributed by atoms with E-state index in [0.717, 1.165) is 36.2 Å². The van der Waals surface area contributed by atoms with Crippen LogP contribution in [0.2, 0.25) is 0 Å². The Morgan fingerprint density at radius 3 is 2.64 bits per heavy atom. The van der Waals surface area contributed by atoms with Crippen molar-refractivity contribution in [2.24, 2.45) is 0 Å². The Balaban J connectivity index is 1.95. The third kappa shape index (κ3) is 3.74. The molecule has 0 saturated carbocycles. The Morgan fingerprint density at radius 1 is 1.16 bits per heavy atom. The fourth-order valence-electron chi connectivity index (χ4n) is 3.19. The predicted octanol–water partition coefficient (Wildman–Crippen LogP) is 5.02. The number of nitrogens with zero attached hydrogens (tertiary/aromatic N) is 1. The van der Waals surface area contributed by atoms with Gasteiger partial charge in [-0.2, -0.15) is 0 Å². The highest BCUT2D eigenvalue weighted by Gasteiger charge is 2.41. The van der Waals surface area contributed by atoms with Gasteiger partial charge in [0, 0.05) is 11.6 Å². The number of halogens is 1. The van der Waals surface area contributed by atoms with Crippen LogP contribution >= 0.6 is 11.6 Å². The summed E-state index contributed by atoms with van der Waals surface area (Å²) < 4.78 is 0. The summed E-state index contributed by atoms with van der Waals surface area (Å²) >= 11 is 5.84. The van der Waals surface area contributed by atoms with Crippen molar-refractivity contribution in [3.05, 3.63) is 59.7 Å². The van der Waals surface area contributed by atoms with Gasteiger partial charge in [-0.05, 0) is 57.4 Å². The minimum atomic E-state index is -0.527. The van der Waals surface area contributed by atoms with Crippen molar-refractivity contribution in [3.63, 3.8) is 0 Å². The summed E-state index contributed by atoms with van der Waals surface area (Å²) in [6.45, 7) is 4.05. The van der Waals surface area contributed by atoms with Crippen LogP contribution in [0.15, 0.2) is 48.5 Å². The average Bonchev–Trinajstić information content (AvgIpc) is 2.61. The number of fused-ring (bicyclic) bond motifs is 1. The lowest BCUT2D eigenvalue weighted by Crippen LogP contribution is -2.60. The van der Waals surface area contributed by atoms with E-state index in [1.807, 2.05) is 55.5 Å². The molecule has 25 heavy (non-hydrogen) atoms. The van der Waals surface area contributed by atoms with E-state index in [2.05, 4.69) is 17.7 Å². The maximum Gasteiger partial charge on any atom is 0.276 e. The third-order valence-electron chi connectivity index (χ3n) is 4.57. The van der Waals surface area contributed by atoms with Gasteiger partial charge in [0.1, 0.15) is 5.66 Å². The first-order valence-electron chi connectivity index (χ1n) is 8.64. The number of benzene rings is 2. The third-order valence-corrected chi connectivity index (χ3v) is 4.84. The van der Waals surface area contributed by atoms with Crippen molar-refractivity contribution in [3.8, 4) is 0 Å². The Hall–Kier alpha value is -2.20. The number of hydrazine groups is 1. The second-order valence-electron chi connectivity index (χ2n) is 6.71. The number of rotatable bonds is 6. The highest BCUT2D eigenvalue weighted by molar-refractivity contribution is 6.17. The lowest BCUT2D eigenvalue weighted by molar-refractivity contribution is 0.0597. The average molecular weight is 358 g/mol. The van der Waals surface area contributed by atoms with E-state index in [0.29, 0.717) is 11.4 Å². The predicted molar refractivity (Wildman–Crippen MR) is 104 cm³/mol. The van der Waals surface area contributed by atoms with Gasteiger partial charge in [-0.1, -0.05) is 29.8 Å². The molecule has 4 nitrogen and oxygen atoms in total. The number of para-hydroxylation sites is 1. The summed E-state index contributed by atoms with van der Waals surface area (Å²) in [5.41, 5.74) is 6.30. The minimum absolute atomic E-state index is 0.0188. The summed E-state index contributed by atoms with van der Waals surface area (Å²) in [7, 11) is 0. The van der Waals surface area contributed by atoms with E-state index in [9.17, 15) is 4.79 Å². The zero-order chi connectivity index (χ0) is 17.9. The molecule has 0 spiro atoms. The number of unbranched alkanes of at least 4 members (excludes halogenated alkanes) is 1. The molecule has 1 unspecified atom stereocenters. The molecule has 1 aliphatic heterocycles. The molecule has 132 valence electrons. The van der Waals surface area contributed by atoms with Gasteiger partial charge in [0.05, 0.1) is 11.3 Å². The molecule has 0 radical (unpaired) electrons. The molecule has 5 heteroatoms. The number of anilines is 2. The van der Waals surface area contributed by atoms with Crippen LogP contribution in [-0.4, -0.2) is 22.5 Å². The highest BCUT2D eigenvalue weighted by atomic mass is 35.5. The number of amides is 1. The number of carbonyl (C=O) groups excluding carboxylic acids is 1. The summed E-state index contributed by atoms with van der Waals surface area (Å²) in [6, 6.07) is 15.7. The van der Waals surface area contributed by atoms with Crippen molar-refractivity contribution >= 4 is 28.9 Å². The number of carbonyl (C=O) groups is 1. The molecule has 1 atom stereocenters. The molecular weight excluding hydrogens is 334 g/mol. The Bertz CT molecular complexity index is 750. The lowest BCUT2D eigenvalue weighted by atomic mass is 9.96. The van der Waals surface area contributed by atoms with Gasteiger partial charge in [0.25, 0.3) is 5.91 Å². The SMILES string of the molecule is Cc1ccc2c(c1)C(=O)N(Nc1ccccc1)C(C)(CCCCCl)N2. The molecular formula is C20H24ClN3O. The first-order valence-corrected chi connectivity index (χ1v) is 9.18. The van der Waals surface area contributed by atoms with Gasteiger partial charge < -0.3 is 5.32 Å². The summed E-state index contributed by atoms with van der Waals surface area (Å²) in [5.74, 6) is 0.612. The van der Waals surface area contributed by atoms with Crippen LogP contribution in [0.5, 0.6) is 0 Å². The zero-order valence-corrected chi connectivity index (χ0v) is 15.4. The van der Waals surface area contributed by atoms with Crippen molar-refractivity contribution in [1.82, 2.24) is 5.01 Å². The van der Waals surface area contributed by atoms with Gasteiger partial charge >= 0.3 is 0 Å². The quantitative estimate of drug-likeness (QED) is 0.564. The highest BCUT2D eigenvalue weighted by Crippen LogP contribution is 2.35. The van der Waals surface area contributed by atoms with Gasteiger partial charge in [-0.25, -0.2) is 5.01 Å². The maximum absolute atomic E-state index is 13.2. The molecule has 2 aromatic rings. The summed E-state index contributed by atoms with van der Waals surface area (Å²) in [5, 5.41) is 5.28. The minimum Gasteiger partial charge on any atom is -0.361 e. The van der Waals surface area contributed by atoms with Crippen molar-refractivity contribution in [1.29, 1.82) is 0 Å². The van der Waals surface area contributed by atoms with E-state index in [4.69, 9.17) is 11.6 Å². The van der Waals surface area contributed by atoms with Crippen LogP contribution in [0.1, 0.15) is 42.1 Å². The van der Waals surface area contributed by atoms with Crippen molar-refractivity contribution in [2.45, 2.75) is 38.8 Å². The number of hydrogen-bond donors (Lipinski definition) is 2. The molecule has 1 aliphatic rings. The monoisotopic (exact) mass is 357 g/mol. The molecule has 0 bridgehead atoms. The van der Waals surface area contributed by atoms with Crippen molar-refractivity contribution < 1.29 is 4.79 Å². The van der Waals surface area contributed by atoms with E-state index in [1.54, 1.807) is 5.01 Å².